The van der Waals surface area contributed by atoms with E-state index in [9.17, 15) is 9.90 Å². The van der Waals surface area contributed by atoms with Crippen molar-refractivity contribution in [3.63, 3.8) is 0 Å². The molecule has 0 saturated carbocycles. The summed E-state index contributed by atoms with van der Waals surface area (Å²) in [5.41, 5.74) is 0.857. The van der Waals surface area contributed by atoms with Crippen molar-refractivity contribution in [2.24, 2.45) is 5.92 Å². The van der Waals surface area contributed by atoms with E-state index in [1.54, 1.807) is 13.2 Å². The Bertz CT molecular complexity index is 494. The highest BCUT2D eigenvalue weighted by molar-refractivity contribution is 6.31. The smallest absolute Gasteiger partial charge is 0.310 e. The number of rotatable bonds is 5. The van der Waals surface area contributed by atoms with Gasteiger partial charge in [0, 0.05) is 23.2 Å². The molecule has 1 N–H and O–H groups in total. The molecule has 20 heavy (non-hydrogen) atoms. The number of hydrogen-bond acceptors (Lipinski definition) is 4. The van der Waals surface area contributed by atoms with E-state index in [1.165, 1.54) is 0 Å². The third-order valence-corrected chi connectivity index (χ3v) is 3.99. The van der Waals surface area contributed by atoms with Gasteiger partial charge in [-0.25, -0.2) is 0 Å². The molecular formula is C14H18ClNO4. The fourth-order valence-electron chi connectivity index (χ4n) is 2.46. The van der Waals surface area contributed by atoms with Crippen LogP contribution in [0.15, 0.2) is 18.2 Å². The Kier molecular flexibility index (Phi) is 4.86. The van der Waals surface area contributed by atoms with Crippen LogP contribution in [0.1, 0.15) is 5.56 Å². The van der Waals surface area contributed by atoms with Crippen molar-refractivity contribution in [2.75, 3.05) is 27.4 Å². The van der Waals surface area contributed by atoms with Gasteiger partial charge in [0.05, 0.1) is 26.2 Å². The summed E-state index contributed by atoms with van der Waals surface area (Å²) >= 11 is 6.20. The van der Waals surface area contributed by atoms with Gasteiger partial charge in [0.25, 0.3) is 0 Å². The summed E-state index contributed by atoms with van der Waals surface area (Å²) in [6, 6.07) is 5.30. The predicted octanol–water partition coefficient (Wildman–Crippen LogP) is 1.88. The van der Waals surface area contributed by atoms with Crippen LogP contribution in [0.3, 0.4) is 0 Å². The number of methoxy groups -OCH3 is 1. The first-order chi connectivity index (χ1) is 9.54. The first-order valence-electron chi connectivity index (χ1n) is 6.36. The fourth-order valence-corrected chi connectivity index (χ4v) is 2.69. The lowest BCUT2D eigenvalue weighted by Crippen LogP contribution is -2.40. The van der Waals surface area contributed by atoms with E-state index in [1.807, 2.05) is 24.1 Å². The van der Waals surface area contributed by atoms with Gasteiger partial charge in [-0.2, -0.15) is 0 Å². The first-order valence-corrected chi connectivity index (χ1v) is 6.74. The molecule has 0 spiro atoms. The van der Waals surface area contributed by atoms with E-state index in [2.05, 4.69) is 0 Å². The molecule has 110 valence electrons. The van der Waals surface area contributed by atoms with Crippen molar-refractivity contribution >= 4 is 17.6 Å². The van der Waals surface area contributed by atoms with Crippen molar-refractivity contribution in [3.05, 3.63) is 28.8 Å². The Morgan fingerprint density at radius 1 is 1.55 bits per heavy atom. The van der Waals surface area contributed by atoms with Crippen LogP contribution in [0.5, 0.6) is 5.75 Å². The molecule has 0 bridgehead atoms. The maximum atomic E-state index is 11.2. The first kappa shape index (κ1) is 15.1. The molecule has 6 heteroatoms. The van der Waals surface area contributed by atoms with Crippen molar-refractivity contribution in [1.29, 1.82) is 0 Å². The number of hydrogen-bond donors (Lipinski definition) is 1. The van der Waals surface area contributed by atoms with E-state index in [0.29, 0.717) is 23.9 Å². The highest BCUT2D eigenvalue weighted by Gasteiger charge is 2.36. The Morgan fingerprint density at radius 2 is 2.30 bits per heavy atom. The van der Waals surface area contributed by atoms with Crippen molar-refractivity contribution < 1.29 is 19.4 Å². The van der Waals surface area contributed by atoms with Gasteiger partial charge in [-0.1, -0.05) is 17.7 Å². The molecule has 2 unspecified atom stereocenters. The Morgan fingerprint density at radius 3 is 2.95 bits per heavy atom. The van der Waals surface area contributed by atoms with Gasteiger partial charge < -0.3 is 14.6 Å². The molecule has 1 fully saturated rings. The summed E-state index contributed by atoms with van der Waals surface area (Å²) in [5, 5.41) is 9.81. The molecule has 1 aromatic carbocycles. The van der Waals surface area contributed by atoms with Crippen molar-refractivity contribution in [2.45, 2.75) is 12.6 Å². The molecule has 2 rings (SSSR count). The minimum atomic E-state index is -0.828. The highest BCUT2D eigenvalue weighted by Crippen LogP contribution is 2.29. The van der Waals surface area contributed by atoms with Gasteiger partial charge in [0.1, 0.15) is 5.75 Å². The van der Waals surface area contributed by atoms with Gasteiger partial charge in [-0.05, 0) is 19.2 Å². The number of carbonyl (C=O) groups is 1. The maximum Gasteiger partial charge on any atom is 0.310 e. The summed E-state index contributed by atoms with van der Waals surface area (Å²) in [5.74, 6) is -0.630. The number of ether oxygens (including phenoxy) is 2. The summed E-state index contributed by atoms with van der Waals surface area (Å²) in [6.07, 6.45) is 0. The molecule has 0 radical (unpaired) electrons. The van der Waals surface area contributed by atoms with E-state index >= 15 is 0 Å². The number of benzene rings is 1. The number of likely N-dealkylation sites (N-methyl/N-ethyl adjacent to an activating group) is 1. The van der Waals surface area contributed by atoms with Gasteiger partial charge in [0.15, 0.2) is 0 Å². The Hall–Kier alpha value is -1.30. The lowest BCUT2D eigenvalue weighted by Gasteiger charge is -2.27. The molecule has 0 aromatic heterocycles. The van der Waals surface area contributed by atoms with Crippen LogP contribution >= 0.6 is 11.6 Å². The quantitative estimate of drug-likeness (QED) is 0.899. The minimum Gasteiger partial charge on any atom is -0.496 e. The second kappa shape index (κ2) is 6.43. The number of carboxylic acids is 1. The van der Waals surface area contributed by atoms with Crippen molar-refractivity contribution in [1.82, 2.24) is 4.90 Å². The van der Waals surface area contributed by atoms with Gasteiger partial charge >= 0.3 is 5.97 Å². The van der Waals surface area contributed by atoms with Gasteiger partial charge in [0.2, 0.25) is 0 Å². The molecule has 0 amide bonds. The molecule has 1 saturated heterocycles. The average molecular weight is 300 g/mol. The second-order valence-corrected chi connectivity index (χ2v) is 5.29. The minimum absolute atomic E-state index is 0.159. The lowest BCUT2D eigenvalue weighted by molar-refractivity contribution is -0.143. The van der Waals surface area contributed by atoms with Crippen LogP contribution in [0.2, 0.25) is 5.02 Å². The second-order valence-electron chi connectivity index (χ2n) is 4.89. The van der Waals surface area contributed by atoms with Crippen LogP contribution in [0, 0.1) is 5.92 Å². The van der Waals surface area contributed by atoms with Crippen LogP contribution < -0.4 is 4.74 Å². The van der Waals surface area contributed by atoms with Crippen LogP contribution in [-0.4, -0.2) is 49.4 Å². The van der Waals surface area contributed by atoms with E-state index < -0.39 is 11.9 Å². The number of halogens is 1. The largest absolute Gasteiger partial charge is 0.496 e. The SMILES string of the molecule is COc1cccc(Cl)c1CN(C)C1COCC1C(=O)O. The Balaban J connectivity index is 2.15. The predicted molar refractivity (Wildman–Crippen MR) is 75.2 cm³/mol. The molecule has 5 nitrogen and oxygen atoms in total. The molecule has 1 aromatic rings. The van der Waals surface area contributed by atoms with Crippen LogP contribution in [0.25, 0.3) is 0 Å². The summed E-state index contributed by atoms with van der Waals surface area (Å²) in [4.78, 5) is 13.2. The number of aliphatic carboxylic acids is 1. The fraction of sp³-hybridized carbons (Fsp3) is 0.500. The highest BCUT2D eigenvalue weighted by atomic mass is 35.5. The van der Waals surface area contributed by atoms with Crippen molar-refractivity contribution in [3.8, 4) is 5.75 Å². The summed E-state index contributed by atoms with van der Waals surface area (Å²) < 4.78 is 10.6. The topological polar surface area (TPSA) is 59.0 Å². The third-order valence-electron chi connectivity index (χ3n) is 3.64. The third kappa shape index (κ3) is 3.06. The van der Waals surface area contributed by atoms with Crippen LogP contribution in [-0.2, 0) is 16.1 Å². The van der Waals surface area contributed by atoms with Gasteiger partial charge in [-0.15, -0.1) is 0 Å². The Labute approximate surface area is 123 Å². The maximum absolute atomic E-state index is 11.2. The molecule has 0 aliphatic carbocycles. The van der Waals surface area contributed by atoms with E-state index in [4.69, 9.17) is 21.1 Å². The number of carboxylic acid groups (broad SMARTS) is 1. The zero-order valence-corrected chi connectivity index (χ0v) is 12.3. The molecule has 1 aliphatic rings. The standard InChI is InChI=1S/C14H18ClNO4/c1-16(12-8-20-7-10(12)14(17)18)6-9-11(15)4-3-5-13(9)19-2/h3-5,10,12H,6-8H2,1-2H3,(H,17,18). The molecule has 1 aliphatic heterocycles. The van der Waals surface area contributed by atoms with E-state index in [0.717, 1.165) is 5.56 Å². The molecule has 2 atom stereocenters. The number of nitrogens with zero attached hydrogens (tertiary/aromatic N) is 1. The molecule has 1 heterocycles. The lowest BCUT2D eigenvalue weighted by atomic mass is 10.0. The monoisotopic (exact) mass is 299 g/mol. The zero-order valence-electron chi connectivity index (χ0n) is 11.5. The average Bonchev–Trinajstić information content (AvgIpc) is 2.90. The molecular weight excluding hydrogens is 282 g/mol. The van der Waals surface area contributed by atoms with Crippen LogP contribution in [0.4, 0.5) is 0 Å². The van der Waals surface area contributed by atoms with E-state index in [-0.39, 0.29) is 12.6 Å². The summed E-state index contributed by atoms with van der Waals surface area (Å²) in [6.45, 7) is 1.19. The summed E-state index contributed by atoms with van der Waals surface area (Å²) in [7, 11) is 3.46. The van der Waals surface area contributed by atoms with Gasteiger partial charge in [-0.3, -0.25) is 9.69 Å². The normalized spacial score (nSPS) is 22.2. The zero-order chi connectivity index (χ0) is 14.7.